The van der Waals surface area contributed by atoms with Gasteiger partial charge in [0.2, 0.25) is 5.91 Å². The van der Waals surface area contributed by atoms with E-state index in [2.05, 4.69) is 9.88 Å². The maximum Gasteiger partial charge on any atom is 0.262 e. The molecule has 1 aliphatic rings. The van der Waals surface area contributed by atoms with Gasteiger partial charge in [0.05, 0.1) is 37.1 Å². The highest BCUT2D eigenvalue weighted by Gasteiger charge is 2.23. The second kappa shape index (κ2) is 8.00. The van der Waals surface area contributed by atoms with E-state index in [-0.39, 0.29) is 17.9 Å². The minimum atomic E-state index is -0.568. The van der Waals surface area contributed by atoms with Gasteiger partial charge < -0.3 is 15.5 Å². The normalized spacial score (nSPS) is 15.0. The van der Waals surface area contributed by atoms with Crippen LogP contribution in [-0.4, -0.2) is 41.6 Å². The minimum Gasteiger partial charge on any atom is -0.368 e. The highest BCUT2D eigenvalue weighted by molar-refractivity contribution is 5.78. The summed E-state index contributed by atoms with van der Waals surface area (Å²) in [5, 5.41) is 0.480. The topological polar surface area (TPSA) is 85.7 Å². The van der Waals surface area contributed by atoms with Crippen molar-refractivity contribution in [3.8, 4) is 0 Å². The number of nitrogens with two attached hydrogens (primary N) is 1. The van der Waals surface area contributed by atoms with Crippen LogP contribution in [0, 0.1) is 5.82 Å². The Balaban J connectivity index is 1.54. The number of halogens is 1. The van der Waals surface area contributed by atoms with Crippen molar-refractivity contribution in [3.63, 3.8) is 0 Å². The molecule has 0 saturated carbocycles. The van der Waals surface area contributed by atoms with E-state index in [4.69, 9.17) is 5.73 Å². The minimum absolute atomic E-state index is 0.180. The molecule has 0 unspecified atom stereocenters. The quantitative estimate of drug-likeness (QED) is 0.632. The van der Waals surface area contributed by atoms with Crippen LogP contribution in [0.1, 0.15) is 5.82 Å². The number of carbonyl (C=O) groups is 1. The van der Waals surface area contributed by atoms with Crippen molar-refractivity contribution < 1.29 is 14.1 Å². The van der Waals surface area contributed by atoms with Crippen molar-refractivity contribution >= 4 is 22.5 Å². The number of hydrogen-bond donors (Lipinski definition) is 2. The van der Waals surface area contributed by atoms with Crippen LogP contribution >= 0.6 is 0 Å². The zero-order valence-corrected chi connectivity index (χ0v) is 16.0. The number of primary amides is 1. The van der Waals surface area contributed by atoms with Crippen LogP contribution in [0.2, 0.25) is 0 Å². The van der Waals surface area contributed by atoms with Gasteiger partial charge in [0.25, 0.3) is 5.56 Å². The largest absolute Gasteiger partial charge is 0.368 e. The first-order valence-electron chi connectivity index (χ1n) is 9.62. The van der Waals surface area contributed by atoms with Crippen molar-refractivity contribution in [2.45, 2.75) is 13.1 Å². The third kappa shape index (κ3) is 4.12. The SMILES string of the molecule is NC(=O)Cn1c(C[NH+]2CCN(c3ccc(F)cc3)CC2)nc2ccccc2c1=O. The zero-order valence-electron chi connectivity index (χ0n) is 16.0. The number of rotatable bonds is 5. The van der Waals surface area contributed by atoms with E-state index in [1.165, 1.54) is 21.6 Å². The van der Waals surface area contributed by atoms with Crippen molar-refractivity contribution in [1.29, 1.82) is 0 Å². The summed E-state index contributed by atoms with van der Waals surface area (Å²) >= 11 is 0. The summed E-state index contributed by atoms with van der Waals surface area (Å²) < 4.78 is 14.5. The van der Waals surface area contributed by atoms with Crippen LogP contribution in [0.5, 0.6) is 0 Å². The molecular weight excluding hydrogens is 373 g/mol. The monoisotopic (exact) mass is 396 g/mol. The molecule has 4 rings (SSSR count). The molecule has 0 atom stereocenters. The van der Waals surface area contributed by atoms with Gasteiger partial charge in [-0.3, -0.25) is 14.2 Å². The fraction of sp³-hybridized carbons (Fsp3) is 0.286. The number of aromatic nitrogens is 2. The summed E-state index contributed by atoms with van der Waals surface area (Å²) in [4.78, 5) is 32.5. The number of nitrogens with zero attached hydrogens (tertiary/aromatic N) is 3. The number of benzene rings is 2. The Hall–Kier alpha value is -3.26. The zero-order chi connectivity index (χ0) is 20.4. The maximum absolute atomic E-state index is 13.1. The van der Waals surface area contributed by atoms with E-state index in [0.717, 1.165) is 31.9 Å². The molecule has 1 aromatic heterocycles. The van der Waals surface area contributed by atoms with Crippen molar-refractivity contribution in [3.05, 3.63) is 70.5 Å². The molecule has 0 bridgehead atoms. The summed E-state index contributed by atoms with van der Waals surface area (Å²) in [5.74, 6) is -0.243. The number of hydrogen-bond acceptors (Lipinski definition) is 4. The summed E-state index contributed by atoms with van der Waals surface area (Å²) in [7, 11) is 0. The fourth-order valence-corrected chi connectivity index (χ4v) is 3.80. The fourth-order valence-electron chi connectivity index (χ4n) is 3.80. The third-order valence-electron chi connectivity index (χ3n) is 5.33. The highest BCUT2D eigenvalue weighted by atomic mass is 19.1. The first kappa shape index (κ1) is 19.1. The molecular formula is C21H23FN5O2+. The van der Waals surface area contributed by atoms with Gasteiger partial charge in [0, 0.05) is 5.69 Å². The van der Waals surface area contributed by atoms with E-state index in [9.17, 15) is 14.0 Å². The lowest BCUT2D eigenvalue weighted by Gasteiger charge is -2.33. The average molecular weight is 396 g/mol. The summed E-state index contributed by atoms with van der Waals surface area (Å²) in [6.45, 7) is 3.67. The van der Waals surface area contributed by atoms with Gasteiger partial charge in [-0.25, -0.2) is 9.37 Å². The molecule has 150 valence electrons. The molecule has 2 heterocycles. The third-order valence-corrected chi connectivity index (χ3v) is 5.33. The molecule has 3 aromatic rings. The Morgan fingerprint density at radius 3 is 2.48 bits per heavy atom. The van der Waals surface area contributed by atoms with Crippen LogP contribution in [-0.2, 0) is 17.9 Å². The lowest BCUT2D eigenvalue weighted by Crippen LogP contribution is -3.13. The van der Waals surface area contributed by atoms with Crippen molar-refractivity contribution in [2.24, 2.45) is 5.73 Å². The molecule has 7 nitrogen and oxygen atoms in total. The predicted molar refractivity (Wildman–Crippen MR) is 108 cm³/mol. The van der Waals surface area contributed by atoms with Gasteiger partial charge in [-0.2, -0.15) is 0 Å². The second-order valence-electron chi connectivity index (χ2n) is 7.29. The van der Waals surface area contributed by atoms with Crippen LogP contribution in [0.25, 0.3) is 10.9 Å². The van der Waals surface area contributed by atoms with Crippen molar-refractivity contribution in [1.82, 2.24) is 9.55 Å². The van der Waals surface area contributed by atoms with Gasteiger partial charge in [-0.15, -0.1) is 0 Å². The average Bonchev–Trinajstić information content (AvgIpc) is 2.72. The van der Waals surface area contributed by atoms with E-state index in [0.29, 0.717) is 23.3 Å². The number of amides is 1. The molecule has 1 fully saturated rings. The van der Waals surface area contributed by atoms with Crippen LogP contribution in [0.4, 0.5) is 10.1 Å². The Morgan fingerprint density at radius 2 is 1.79 bits per heavy atom. The first-order chi connectivity index (χ1) is 14.0. The Morgan fingerprint density at radius 1 is 1.10 bits per heavy atom. The lowest BCUT2D eigenvalue weighted by atomic mass is 10.2. The Bertz CT molecular complexity index is 1090. The van der Waals surface area contributed by atoms with Gasteiger partial charge in [0.15, 0.2) is 5.82 Å². The predicted octanol–water partition coefficient (Wildman–Crippen LogP) is -0.0740. The van der Waals surface area contributed by atoms with Gasteiger partial charge in [-0.1, -0.05) is 12.1 Å². The molecule has 8 heteroatoms. The number of fused-ring (bicyclic) bond motifs is 1. The number of carbonyl (C=O) groups excluding carboxylic acids is 1. The smallest absolute Gasteiger partial charge is 0.262 e. The van der Waals surface area contributed by atoms with Crippen LogP contribution < -0.4 is 21.1 Å². The molecule has 1 saturated heterocycles. The second-order valence-corrected chi connectivity index (χ2v) is 7.29. The standard InChI is InChI=1S/C21H22FN5O2/c22-15-5-7-16(8-6-15)26-11-9-25(10-12-26)14-20-24-18-4-2-1-3-17(18)21(29)27(20)13-19(23)28/h1-8H,9-14H2,(H2,23,28)/p+1. The number of piperazine rings is 1. The van der Waals surface area contributed by atoms with Crippen LogP contribution in [0.15, 0.2) is 53.3 Å². The van der Waals surface area contributed by atoms with E-state index >= 15 is 0 Å². The lowest BCUT2D eigenvalue weighted by molar-refractivity contribution is -0.915. The molecule has 0 radical (unpaired) electrons. The summed E-state index contributed by atoms with van der Waals surface area (Å²) in [6.07, 6.45) is 0. The Labute approximate surface area is 167 Å². The highest BCUT2D eigenvalue weighted by Crippen LogP contribution is 2.14. The summed E-state index contributed by atoms with van der Waals surface area (Å²) in [5.41, 5.74) is 6.75. The molecule has 29 heavy (non-hydrogen) atoms. The van der Waals surface area contributed by atoms with E-state index in [1.807, 2.05) is 6.07 Å². The van der Waals surface area contributed by atoms with E-state index < -0.39 is 5.91 Å². The number of para-hydroxylation sites is 1. The molecule has 3 N–H and O–H groups in total. The van der Waals surface area contributed by atoms with E-state index in [1.54, 1.807) is 30.3 Å². The molecule has 0 aliphatic carbocycles. The van der Waals surface area contributed by atoms with Crippen molar-refractivity contribution in [2.75, 3.05) is 31.1 Å². The maximum atomic E-state index is 13.1. The van der Waals surface area contributed by atoms with Gasteiger partial charge in [-0.05, 0) is 36.4 Å². The molecule has 1 aliphatic heterocycles. The molecule has 1 amide bonds. The van der Waals surface area contributed by atoms with Crippen LogP contribution in [0.3, 0.4) is 0 Å². The first-order valence-corrected chi connectivity index (χ1v) is 9.62. The number of quaternary nitrogens is 1. The molecule has 0 spiro atoms. The summed E-state index contributed by atoms with van der Waals surface area (Å²) in [6, 6.07) is 13.6. The van der Waals surface area contributed by atoms with Gasteiger partial charge >= 0.3 is 0 Å². The Kier molecular flexibility index (Phi) is 5.26. The molecule has 2 aromatic carbocycles. The van der Waals surface area contributed by atoms with Gasteiger partial charge in [0.1, 0.15) is 18.9 Å². The number of nitrogens with one attached hydrogen (secondary N) is 1. The number of anilines is 1.